The van der Waals surface area contributed by atoms with Crippen molar-refractivity contribution in [2.45, 2.75) is 33.3 Å². The molecule has 0 bridgehead atoms. The molecule has 1 fully saturated rings. The van der Waals surface area contributed by atoms with Gasteiger partial charge in [0.25, 0.3) is 5.91 Å². The monoisotopic (exact) mass is 387 g/mol. The Kier molecular flexibility index (Phi) is 5.93. The van der Waals surface area contributed by atoms with Crippen molar-refractivity contribution in [1.29, 1.82) is 0 Å². The number of carbonyl (C=O) groups excluding carboxylic acids is 2. The third-order valence-corrected chi connectivity index (χ3v) is 4.79. The van der Waals surface area contributed by atoms with Gasteiger partial charge in [0.1, 0.15) is 11.2 Å². The summed E-state index contributed by atoms with van der Waals surface area (Å²) in [5.41, 5.74) is 1.11. The van der Waals surface area contributed by atoms with Gasteiger partial charge in [-0.3, -0.25) is 9.69 Å². The molecule has 3 rings (SSSR count). The van der Waals surface area contributed by atoms with Crippen LogP contribution in [0.4, 0.5) is 4.79 Å². The Labute approximate surface area is 165 Å². The number of aryl methyl sites for hydroxylation is 1. The molecule has 0 spiro atoms. The van der Waals surface area contributed by atoms with Crippen LogP contribution in [0.15, 0.2) is 28.7 Å². The topological polar surface area (TPSA) is 75.0 Å². The predicted octanol–water partition coefficient (Wildman–Crippen LogP) is 3.02. The highest BCUT2D eigenvalue weighted by molar-refractivity contribution is 5.98. The normalized spacial score (nSPS) is 15.6. The fraction of sp³-hybridized carbons (Fsp3) is 0.524. The number of fused-ring (bicyclic) bond motifs is 1. The van der Waals surface area contributed by atoms with Gasteiger partial charge in [0.05, 0.1) is 0 Å². The van der Waals surface area contributed by atoms with Crippen molar-refractivity contribution in [2.75, 3.05) is 39.3 Å². The van der Waals surface area contributed by atoms with Crippen LogP contribution in [0.2, 0.25) is 0 Å². The number of rotatable bonds is 4. The Morgan fingerprint density at radius 2 is 1.82 bits per heavy atom. The number of nitrogens with one attached hydrogen (secondary N) is 1. The van der Waals surface area contributed by atoms with Crippen LogP contribution in [0.5, 0.6) is 0 Å². The summed E-state index contributed by atoms with van der Waals surface area (Å²) in [6.07, 6.45) is -0.263. The Morgan fingerprint density at radius 3 is 2.46 bits per heavy atom. The summed E-state index contributed by atoms with van der Waals surface area (Å²) in [6, 6.07) is 7.64. The molecule has 7 nitrogen and oxygen atoms in total. The van der Waals surface area contributed by atoms with Crippen molar-refractivity contribution in [3.05, 3.63) is 35.6 Å². The Hall–Kier alpha value is -2.54. The summed E-state index contributed by atoms with van der Waals surface area (Å²) >= 11 is 0. The smallest absolute Gasteiger partial charge is 0.410 e. The van der Waals surface area contributed by atoms with Crippen molar-refractivity contribution >= 4 is 23.0 Å². The maximum atomic E-state index is 12.5. The third-order valence-electron chi connectivity index (χ3n) is 4.79. The van der Waals surface area contributed by atoms with Crippen LogP contribution in [0.3, 0.4) is 0 Å². The minimum atomic E-state index is -0.479. The van der Waals surface area contributed by atoms with Crippen LogP contribution in [-0.4, -0.2) is 66.7 Å². The summed E-state index contributed by atoms with van der Waals surface area (Å²) in [6.45, 7) is 11.6. The summed E-state index contributed by atoms with van der Waals surface area (Å²) < 4.78 is 11.1. The van der Waals surface area contributed by atoms with E-state index < -0.39 is 5.60 Å². The number of amides is 2. The number of hydrogen-bond acceptors (Lipinski definition) is 5. The summed E-state index contributed by atoms with van der Waals surface area (Å²) in [5.74, 6) is 0.178. The minimum Gasteiger partial charge on any atom is -0.451 e. The van der Waals surface area contributed by atoms with Gasteiger partial charge in [-0.1, -0.05) is 18.2 Å². The van der Waals surface area contributed by atoms with Crippen LogP contribution in [0, 0.1) is 6.92 Å². The molecule has 1 saturated heterocycles. The van der Waals surface area contributed by atoms with Gasteiger partial charge in [0.2, 0.25) is 0 Å². The van der Waals surface area contributed by atoms with E-state index >= 15 is 0 Å². The zero-order valence-electron chi connectivity index (χ0n) is 17.1. The Bertz CT molecular complexity index is 845. The van der Waals surface area contributed by atoms with Crippen LogP contribution in [0.25, 0.3) is 11.0 Å². The second-order valence-corrected chi connectivity index (χ2v) is 8.12. The number of piperazine rings is 1. The number of carbonyl (C=O) groups is 2. The number of para-hydroxylation sites is 1. The molecule has 28 heavy (non-hydrogen) atoms. The van der Waals surface area contributed by atoms with E-state index in [1.807, 2.05) is 52.0 Å². The van der Waals surface area contributed by atoms with Crippen molar-refractivity contribution in [3.8, 4) is 0 Å². The molecule has 1 aromatic heterocycles. The van der Waals surface area contributed by atoms with Crippen molar-refractivity contribution in [3.63, 3.8) is 0 Å². The average molecular weight is 387 g/mol. The molecule has 0 aliphatic carbocycles. The van der Waals surface area contributed by atoms with Gasteiger partial charge in [-0.05, 0) is 33.8 Å². The first-order valence-corrected chi connectivity index (χ1v) is 9.71. The SMILES string of the molecule is Cc1c(C(=O)NCCN2CCN(C(=O)OC(C)(C)C)CC2)oc2ccccc12. The Morgan fingerprint density at radius 1 is 1.14 bits per heavy atom. The molecule has 0 unspecified atom stereocenters. The van der Waals surface area contributed by atoms with E-state index in [0.29, 0.717) is 25.4 Å². The second-order valence-electron chi connectivity index (χ2n) is 8.12. The Balaban J connectivity index is 1.44. The van der Waals surface area contributed by atoms with E-state index in [1.165, 1.54) is 0 Å². The van der Waals surface area contributed by atoms with Gasteiger partial charge in [-0.25, -0.2) is 4.79 Å². The predicted molar refractivity (Wildman–Crippen MR) is 108 cm³/mol. The minimum absolute atomic E-state index is 0.193. The van der Waals surface area contributed by atoms with Gasteiger partial charge in [-0.2, -0.15) is 0 Å². The van der Waals surface area contributed by atoms with Gasteiger partial charge in [0, 0.05) is 50.2 Å². The summed E-state index contributed by atoms with van der Waals surface area (Å²) in [5, 5.41) is 3.90. The zero-order valence-corrected chi connectivity index (χ0v) is 17.1. The van der Waals surface area contributed by atoms with Gasteiger partial charge >= 0.3 is 6.09 Å². The van der Waals surface area contributed by atoms with Crippen LogP contribution < -0.4 is 5.32 Å². The van der Waals surface area contributed by atoms with E-state index in [4.69, 9.17) is 9.15 Å². The molecule has 7 heteroatoms. The van der Waals surface area contributed by atoms with Gasteiger partial charge in [-0.15, -0.1) is 0 Å². The highest BCUT2D eigenvalue weighted by Crippen LogP contribution is 2.24. The maximum absolute atomic E-state index is 12.5. The summed E-state index contributed by atoms with van der Waals surface area (Å²) in [4.78, 5) is 28.5. The lowest BCUT2D eigenvalue weighted by Crippen LogP contribution is -2.51. The molecular formula is C21H29N3O4. The molecule has 1 aromatic carbocycles. The second kappa shape index (κ2) is 8.22. The maximum Gasteiger partial charge on any atom is 0.410 e. The number of benzene rings is 1. The number of ether oxygens (including phenoxy) is 1. The standard InChI is InChI=1S/C21H29N3O4/c1-15-16-7-5-6-8-17(16)27-18(15)19(25)22-9-10-23-11-13-24(14-12-23)20(26)28-21(2,3)4/h5-8H,9-14H2,1-4H3,(H,22,25). The molecule has 0 radical (unpaired) electrons. The van der Waals surface area contributed by atoms with Crippen LogP contribution in [0.1, 0.15) is 36.9 Å². The highest BCUT2D eigenvalue weighted by atomic mass is 16.6. The first-order chi connectivity index (χ1) is 13.2. The van der Waals surface area contributed by atoms with Gasteiger partial charge < -0.3 is 19.4 Å². The first-order valence-electron chi connectivity index (χ1n) is 9.71. The third kappa shape index (κ3) is 4.84. The quantitative estimate of drug-likeness (QED) is 0.873. The largest absolute Gasteiger partial charge is 0.451 e. The van der Waals surface area contributed by atoms with E-state index in [0.717, 1.165) is 36.2 Å². The molecule has 0 saturated carbocycles. The van der Waals surface area contributed by atoms with E-state index in [-0.39, 0.29) is 12.0 Å². The van der Waals surface area contributed by atoms with Gasteiger partial charge in [0.15, 0.2) is 5.76 Å². The lowest BCUT2D eigenvalue weighted by atomic mass is 10.1. The van der Waals surface area contributed by atoms with E-state index in [9.17, 15) is 9.59 Å². The summed E-state index contributed by atoms with van der Waals surface area (Å²) in [7, 11) is 0. The number of furan rings is 1. The number of hydrogen-bond donors (Lipinski definition) is 1. The molecule has 1 aliphatic heterocycles. The van der Waals surface area contributed by atoms with E-state index in [1.54, 1.807) is 4.90 Å². The van der Waals surface area contributed by atoms with E-state index in [2.05, 4.69) is 10.2 Å². The molecule has 1 aliphatic rings. The molecule has 1 N–H and O–H groups in total. The molecule has 152 valence electrons. The average Bonchev–Trinajstić information content (AvgIpc) is 2.98. The van der Waals surface area contributed by atoms with Crippen molar-refractivity contribution < 1.29 is 18.7 Å². The molecule has 2 aromatic rings. The zero-order chi connectivity index (χ0) is 20.3. The number of nitrogens with zero attached hydrogens (tertiary/aromatic N) is 2. The fourth-order valence-corrected chi connectivity index (χ4v) is 3.28. The lowest BCUT2D eigenvalue weighted by Gasteiger charge is -2.35. The molecule has 2 amide bonds. The van der Waals surface area contributed by atoms with Crippen LogP contribution >= 0.6 is 0 Å². The van der Waals surface area contributed by atoms with Crippen LogP contribution in [-0.2, 0) is 4.74 Å². The first kappa shape index (κ1) is 20.2. The van der Waals surface area contributed by atoms with Crippen molar-refractivity contribution in [1.82, 2.24) is 15.1 Å². The molecule has 0 atom stereocenters. The lowest BCUT2D eigenvalue weighted by molar-refractivity contribution is 0.0147. The molecule has 2 heterocycles. The van der Waals surface area contributed by atoms with Crippen molar-refractivity contribution in [2.24, 2.45) is 0 Å². The fourth-order valence-electron chi connectivity index (χ4n) is 3.28. The highest BCUT2D eigenvalue weighted by Gasteiger charge is 2.25. The molecular weight excluding hydrogens is 358 g/mol.